The minimum absolute atomic E-state index is 0.181. The van der Waals surface area contributed by atoms with Crippen LogP contribution in [0.5, 0.6) is 0 Å². The van der Waals surface area contributed by atoms with Gasteiger partial charge in [-0.3, -0.25) is 5.41 Å². The highest BCUT2D eigenvalue weighted by Crippen LogP contribution is 2.23. The van der Waals surface area contributed by atoms with Crippen LogP contribution in [-0.2, 0) is 0 Å². The molecule has 1 aliphatic rings. The van der Waals surface area contributed by atoms with E-state index in [2.05, 4.69) is 13.8 Å². The molecule has 1 rings (SSSR count). The molecule has 11 heavy (non-hydrogen) atoms. The summed E-state index contributed by atoms with van der Waals surface area (Å²) in [6.45, 7) is 4.31. The van der Waals surface area contributed by atoms with Gasteiger partial charge in [0.1, 0.15) is 5.84 Å². The molecular weight excluding hydrogens is 136 g/mol. The highest BCUT2D eigenvalue weighted by Gasteiger charge is 2.10. The summed E-state index contributed by atoms with van der Waals surface area (Å²) < 4.78 is 0. The third kappa shape index (κ3) is 1.70. The maximum atomic E-state index is 7.19. The summed E-state index contributed by atoms with van der Waals surface area (Å²) >= 11 is 0. The van der Waals surface area contributed by atoms with Crippen molar-refractivity contribution in [1.29, 1.82) is 5.41 Å². The number of hydrogen-bond acceptors (Lipinski definition) is 1. The molecule has 0 atom stereocenters. The Kier molecular flexibility index (Phi) is 2.13. The van der Waals surface area contributed by atoms with Crippen LogP contribution in [0.2, 0.25) is 0 Å². The number of nitrogens with one attached hydrogen (secondary N) is 1. The normalized spacial score (nSPS) is 16.6. The summed E-state index contributed by atoms with van der Waals surface area (Å²) in [6, 6.07) is 0. The van der Waals surface area contributed by atoms with E-state index in [4.69, 9.17) is 11.1 Å². The van der Waals surface area contributed by atoms with E-state index < -0.39 is 0 Å². The van der Waals surface area contributed by atoms with Crippen molar-refractivity contribution in [3.05, 3.63) is 23.3 Å². The molecule has 0 saturated heterocycles. The molecule has 0 amide bonds. The average molecular weight is 150 g/mol. The second-order valence-corrected chi connectivity index (χ2v) is 3.15. The number of hydrogen-bond donors (Lipinski definition) is 2. The lowest BCUT2D eigenvalue weighted by Gasteiger charge is -2.03. The van der Waals surface area contributed by atoms with Crippen molar-refractivity contribution in [3.63, 3.8) is 0 Å². The number of amidine groups is 1. The molecule has 3 N–H and O–H groups in total. The van der Waals surface area contributed by atoms with Gasteiger partial charge < -0.3 is 5.73 Å². The first-order chi connectivity index (χ1) is 5.11. The Bertz CT molecular complexity index is 234. The highest BCUT2D eigenvalue weighted by atomic mass is 14.7. The summed E-state index contributed by atoms with van der Waals surface area (Å²) in [5.41, 5.74) is 7.58. The first-order valence-electron chi connectivity index (χ1n) is 3.86. The molecule has 0 spiro atoms. The lowest BCUT2D eigenvalue weighted by molar-refractivity contribution is 0.753. The molecule has 0 aromatic carbocycles. The molecule has 2 heteroatoms. The molecule has 0 unspecified atom stereocenters. The molecular formula is C9H14N2. The standard InChI is InChI=1S/C9H14N2/c1-6(2)7-3-4-8(5-7)9(10)11/h4-6H,3H2,1-2H3,(H3,10,11). The molecule has 60 valence electrons. The zero-order chi connectivity index (χ0) is 8.43. The lowest BCUT2D eigenvalue weighted by Crippen LogP contribution is -2.10. The third-order valence-corrected chi connectivity index (χ3v) is 1.95. The molecule has 0 radical (unpaired) electrons. The van der Waals surface area contributed by atoms with Gasteiger partial charge in [0.05, 0.1) is 0 Å². The van der Waals surface area contributed by atoms with E-state index >= 15 is 0 Å². The summed E-state index contributed by atoms with van der Waals surface area (Å²) in [4.78, 5) is 0. The van der Waals surface area contributed by atoms with E-state index in [1.54, 1.807) is 0 Å². The molecule has 0 bridgehead atoms. The zero-order valence-electron chi connectivity index (χ0n) is 7.02. The third-order valence-electron chi connectivity index (χ3n) is 1.95. The molecule has 0 aromatic rings. The van der Waals surface area contributed by atoms with Gasteiger partial charge in [0.15, 0.2) is 0 Å². The van der Waals surface area contributed by atoms with E-state index in [-0.39, 0.29) is 5.84 Å². The van der Waals surface area contributed by atoms with Gasteiger partial charge in [0.2, 0.25) is 0 Å². The molecule has 1 aliphatic carbocycles. The second kappa shape index (κ2) is 2.91. The quantitative estimate of drug-likeness (QED) is 0.458. The summed E-state index contributed by atoms with van der Waals surface area (Å²) in [7, 11) is 0. The van der Waals surface area contributed by atoms with Crippen LogP contribution in [0.4, 0.5) is 0 Å². The van der Waals surface area contributed by atoms with Gasteiger partial charge in [0, 0.05) is 5.57 Å². The Hall–Kier alpha value is -1.05. The number of rotatable bonds is 2. The van der Waals surface area contributed by atoms with Crippen LogP contribution >= 0.6 is 0 Å². The van der Waals surface area contributed by atoms with Gasteiger partial charge >= 0.3 is 0 Å². The number of allylic oxidation sites excluding steroid dienone is 2. The van der Waals surface area contributed by atoms with Crippen molar-refractivity contribution in [2.24, 2.45) is 11.7 Å². The van der Waals surface area contributed by atoms with Crippen molar-refractivity contribution in [1.82, 2.24) is 0 Å². The summed E-state index contributed by atoms with van der Waals surface area (Å²) in [5, 5.41) is 7.19. The fourth-order valence-electron chi connectivity index (χ4n) is 1.14. The highest BCUT2D eigenvalue weighted by molar-refractivity contribution is 5.97. The predicted octanol–water partition coefficient (Wildman–Crippen LogP) is 1.83. The van der Waals surface area contributed by atoms with Gasteiger partial charge in [-0.25, -0.2) is 0 Å². The van der Waals surface area contributed by atoms with Crippen LogP contribution < -0.4 is 5.73 Å². The van der Waals surface area contributed by atoms with Crippen molar-refractivity contribution < 1.29 is 0 Å². The smallest absolute Gasteiger partial charge is 0.122 e. The van der Waals surface area contributed by atoms with E-state index in [1.165, 1.54) is 5.57 Å². The maximum Gasteiger partial charge on any atom is 0.122 e. The fraction of sp³-hybridized carbons (Fsp3) is 0.444. The zero-order valence-corrected chi connectivity index (χ0v) is 7.02. The van der Waals surface area contributed by atoms with Crippen LogP contribution in [0, 0.1) is 11.3 Å². The predicted molar refractivity (Wildman–Crippen MR) is 47.5 cm³/mol. The SMILES string of the molecule is CC(C)C1=CC(C(=N)N)=CC1. The summed E-state index contributed by atoms with van der Waals surface area (Å²) in [6.07, 6.45) is 5.00. The first-order valence-corrected chi connectivity index (χ1v) is 3.86. The van der Waals surface area contributed by atoms with Crippen LogP contribution in [-0.4, -0.2) is 5.84 Å². The topological polar surface area (TPSA) is 49.9 Å². The molecule has 0 aliphatic heterocycles. The van der Waals surface area contributed by atoms with Crippen LogP contribution in [0.25, 0.3) is 0 Å². The van der Waals surface area contributed by atoms with Crippen LogP contribution in [0.3, 0.4) is 0 Å². The van der Waals surface area contributed by atoms with Gasteiger partial charge in [-0.1, -0.05) is 31.6 Å². The van der Waals surface area contributed by atoms with Gasteiger partial charge in [-0.05, 0) is 12.3 Å². The van der Waals surface area contributed by atoms with E-state index in [1.807, 2.05) is 12.2 Å². The molecule has 0 fully saturated rings. The van der Waals surface area contributed by atoms with Crippen molar-refractivity contribution in [3.8, 4) is 0 Å². The Balaban J connectivity index is 2.71. The van der Waals surface area contributed by atoms with E-state index in [0.29, 0.717) is 5.92 Å². The number of nitrogens with two attached hydrogens (primary N) is 1. The molecule has 0 saturated carbocycles. The van der Waals surface area contributed by atoms with E-state index in [9.17, 15) is 0 Å². The van der Waals surface area contributed by atoms with Crippen molar-refractivity contribution in [2.45, 2.75) is 20.3 Å². The Labute approximate surface area is 67.3 Å². The first kappa shape index (κ1) is 8.05. The minimum Gasteiger partial charge on any atom is -0.384 e. The Morgan fingerprint density at radius 3 is 2.55 bits per heavy atom. The lowest BCUT2D eigenvalue weighted by atomic mass is 10.0. The molecule has 0 heterocycles. The Morgan fingerprint density at radius 2 is 2.27 bits per heavy atom. The average Bonchev–Trinajstić information content (AvgIpc) is 2.33. The van der Waals surface area contributed by atoms with Gasteiger partial charge in [-0.15, -0.1) is 0 Å². The van der Waals surface area contributed by atoms with Crippen LogP contribution in [0.1, 0.15) is 20.3 Å². The largest absolute Gasteiger partial charge is 0.384 e. The fourth-order valence-corrected chi connectivity index (χ4v) is 1.14. The minimum atomic E-state index is 0.181. The van der Waals surface area contributed by atoms with Crippen molar-refractivity contribution in [2.75, 3.05) is 0 Å². The second-order valence-electron chi connectivity index (χ2n) is 3.15. The Morgan fingerprint density at radius 1 is 1.64 bits per heavy atom. The van der Waals surface area contributed by atoms with Gasteiger partial charge in [-0.2, -0.15) is 0 Å². The molecule has 0 aromatic heterocycles. The summed E-state index contributed by atoms with van der Waals surface area (Å²) in [5.74, 6) is 0.753. The van der Waals surface area contributed by atoms with Gasteiger partial charge in [0.25, 0.3) is 0 Å². The van der Waals surface area contributed by atoms with E-state index in [0.717, 1.165) is 12.0 Å². The van der Waals surface area contributed by atoms with Crippen molar-refractivity contribution >= 4 is 5.84 Å². The maximum absolute atomic E-state index is 7.19. The molecule has 2 nitrogen and oxygen atoms in total. The monoisotopic (exact) mass is 150 g/mol. The van der Waals surface area contributed by atoms with Crippen LogP contribution in [0.15, 0.2) is 23.3 Å².